The third-order valence-electron chi connectivity index (χ3n) is 6.91. The van der Waals surface area contributed by atoms with E-state index in [9.17, 15) is 15.3 Å². The smallest absolute Gasteiger partial charge is 0.123 e. The molecule has 0 unspecified atom stereocenters. The van der Waals surface area contributed by atoms with E-state index < -0.39 is 5.41 Å². The molecule has 3 N–H and O–H groups in total. The molecule has 0 heterocycles. The van der Waals surface area contributed by atoms with Crippen LogP contribution in [-0.2, 0) is 10.8 Å². The number of hydrogen-bond acceptors (Lipinski definition) is 4. The van der Waals surface area contributed by atoms with Crippen molar-refractivity contribution in [3.8, 4) is 5.75 Å². The third-order valence-corrected chi connectivity index (χ3v) is 6.91. The third kappa shape index (κ3) is 5.14. The van der Waals surface area contributed by atoms with Crippen LogP contribution in [0.1, 0.15) is 49.9 Å². The van der Waals surface area contributed by atoms with Crippen LogP contribution < -0.4 is 4.74 Å². The standard InChI is InChI=1S/C29H36O4/c1-27(2,22-11-7-5-8-12-22)24-15-16-26(33-21-29(18-30,19-31)20-32)25(17-24)28(3,4)23-13-9-6-10-14-23/h5-17,30-32H,18-21H2,1-4H3. The highest BCUT2D eigenvalue weighted by Gasteiger charge is 2.33. The Labute approximate surface area is 197 Å². The molecule has 33 heavy (non-hydrogen) atoms. The quantitative estimate of drug-likeness (QED) is 0.421. The van der Waals surface area contributed by atoms with Gasteiger partial charge in [0.25, 0.3) is 0 Å². The highest BCUT2D eigenvalue weighted by Crippen LogP contribution is 2.41. The minimum atomic E-state index is -1.10. The van der Waals surface area contributed by atoms with Crippen molar-refractivity contribution in [2.75, 3.05) is 26.4 Å². The highest BCUT2D eigenvalue weighted by molar-refractivity contribution is 5.51. The Bertz CT molecular complexity index is 1010. The van der Waals surface area contributed by atoms with Crippen molar-refractivity contribution in [2.24, 2.45) is 5.41 Å². The van der Waals surface area contributed by atoms with E-state index in [0.717, 1.165) is 16.7 Å². The molecule has 0 amide bonds. The Morgan fingerprint density at radius 2 is 1.09 bits per heavy atom. The minimum absolute atomic E-state index is 0.00972. The molecule has 3 rings (SSSR count). The van der Waals surface area contributed by atoms with Crippen molar-refractivity contribution in [3.05, 3.63) is 101 Å². The Kier molecular flexibility index (Phi) is 7.63. The first-order valence-corrected chi connectivity index (χ1v) is 11.4. The molecule has 3 aromatic carbocycles. The molecule has 0 atom stereocenters. The summed E-state index contributed by atoms with van der Waals surface area (Å²) in [5.41, 5.74) is 2.88. The van der Waals surface area contributed by atoms with Crippen molar-refractivity contribution in [1.82, 2.24) is 0 Å². The second-order valence-electron chi connectivity index (χ2n) is 9.96. The molecule has 0 radical (unpaired) electrons. The van der Waals surface area contributed by atoms with Crippen molar-refractivity contribution in [3.63, 3.8) is 0 Å². The van der Waals surface area contributed by atoms with E-state index in [2.05, 4.69) is 76.2 Å². The summed E-state index contributed by atoms with van der Waals surface area (Å²) in [5, 5.41) is 29.2. The first-order valence-electron chi connectivity index (χ1n) is 11.4. The molecule has 3 aromatic rings. The van der Waals surface area contributed by atoms with Crippen LogP contribution in [0, 0.1) is 5.41 Å². The lowest BCUT2D eigenvalue weighted by Crippen LogP contribution is -2.40. The predicted molar refractivity (Wildman–Crippen MR) is 133 cm³/mol. The van der Waals surface area contributed by atoms with Crippen LogP contribution in [0.15, 0.2) is 78.9 Å². The molecule has 4 heteroatoms. The van der Waals surface area contributed by atoms with E-state index in [1.807, 2.05) is 30.3 Å². The molecule has 0 spiro atoms. The summed E-state index contributed by atoms with van der Waals surface area (Å²) >= 11 is 0. The summed E-state index contributed by atoms with van der Waals surface area (Å²) in [5.74, 6) is 0.677. The Morgan fingerprint density at radius 3 is 1.58 bits per heavy atom. The largest absolute Gasteiger partial charge is 0.492 e. The molecule has 0 bridgehead atoms. The molecule has 0 fully saturated rings. The minimum Gasteiger partial charge on any atom is -0.492 e. The zero-order chi connectivity index (χ0) is 24.1. The number of rotatable bonds is 10. The SMILES string of the molecule is CC(C)(c1ccccc1)c1ccc(OCC(CO)(CO)CO)c(C(C)(C)c2ccccc2)c1. The number of aliphatic hydroxyl groups excluding tert-OH is 3. The Hall–Kier alpha value is -2.66. The van der Waals surface area contributed by atoms with Crippen LogP contribution in [0.3, 0.4) is 0 Å². The average molecular weight is 449 g/mol. The van der Waals surface area contributed by atoms with Crippen molar-refractivity contribution < 1.29 is 20.1 Å². The molecule has 176 valence electrons. The van der Waals surface area contributed by atoms with Crippen LogP contribution in [0.4, 0.5) is 0 Å². The lowest BCUT2D eigenvalue weighted by molar-refractivity contribution is -0.0261. The van der Waals surface area contributed by atoms with Gasteiger partial charge >= 0.3 is 0 Å². The van der Waals surface area contributed by atoms with Crippen molar-refractivity contribution in [2.45, 2.75) is 38.5 Å². The van der Waals surface area contributed by atoms with Gasteiger partial charge in [-0.1, -0.05) is 100 Å². The molecule has 0 aliphatic heterocycles. The maximum atomic E-state index is 9.74. The normalized spacial score (nSPS) is 12.6. The predicted octanol–water partition coefficient (Wildman–Crippen LogP) is 4.68. The van der Waals surface area contributed by atoms with E-state index >= 15 is 0 Å². The summed E-state index contributed by atoms with van der Waals surface area (Å²) in [6.07, 6.45) is 0. The first-order chi connectivity index (χ1) is 15.7. The van der Waals surface area contributed by atoms with Crippen LogP contribution in [0.2, 0.25) is 0 Å². The summed E-state index contributed by atoms with van der Waals surface area (Å²) in [4.78, 5) is 0. The summed E-state index contributed by atoms with van der Waals surface area (Å²) < 4.78 is 6.18. The number of ether oxygens (including phenoxy) is 1. The van der Waals surface area contributed by atoms with E-state index in [0.29, 0.717) is 5.75 Å². The highest BCUT2D eigenvalue weighted by atomic mass is 16.5. The van der Waals surface area contributed by atoms with Gasteiger partial charge in [-0.25, -0.2) is 0 Å². The fourth-order valence-electron chi connectivity index (χ4n) is 4.08. The molecule has 4 nitrogen and oxygen atoms in total. The Balaban J connectivity index is 2.10. The van der Waals surface area contributed by atoms with Crippen LogP contribution in [0.5, 0.6) is 5.75 Å². The van der Waals surface area contributed by atoms with Gasteiger partial charge in [-0.05, 0) is 22.8 Å². The van der Waals surface area contributed by atoms with Gasteiger partial charge < -0.3 is 20.1 Å². The lowest BCUT2D eigenvalue weighted by atomic mass is 9.73. The second-order valence-corrected chi connectivity index (χ2v) is 9.96. The monoisotopic (exact) mass is 448 g/mol. The maximum absolute atomic E-state index is 9.74. The number of benzene rings is 3. The zero-order valence-electron chi connectivity index (χ0n) is 20.1. The van der Waals surface area contributed by atoms with Gasteiger partial charge in [-0.15, -0.1) is 0 Å². The molecule has 0 saturated heterocycles. The van der Waals surface area contributed by atoms with E-state index in [4.69, 9.17) is 4.74 Å². The van der Waals surface area contributed by atoms with Crippen molar-refractivity contribution >= 4 is 0 Å². The molecule has 0 aliphatic rings. The molecular weight excluding hydrogens is 412 g/mol. The summed E-state index contributed by atoms with van der Waals surface area (Å²) in [6.45, 7) is 7.68. The lowest BCUT2D eigenvalue weighted by Gasteiger charge is -2.34. The van der Waals surface area contributed by atoms with Gasteiger partial charge in [0, 0.05) is 16.4 Å². The van der Waals surface area contributed by atoms with Gasteiger partial charge in [-0.3, -0.25) is 0 Å². The molecule has 0 saturated carbocycles. The van der Waals surface area contributed by atoms with Gasteiger partial charge in [0.15, 0.2) is 0 Å². The number of aliphatic hydroxyl groups is 3. The molecule has 0 aliphatic carbocycles. The Morgan fingerprint density at radius 1 is 0.606 bits per heavy atom. The van der Waals surface area contributed by atoms with E-state index in [1.54, 1.807) is 0 Å². The second kappa shape index (κ2) is 10.1. The maximum Gasteiger partial charge on any atom is 0.123 e. The fourth-order valence-corrected chi connectivity index (χ4v) is 4.08. The van der Waals surface area contributed by atoms with Crippen LogP contribution in [0.25, 0.3) is 0 Å². The average Bonchev–Trinajstić information content (AvgIpc) is 2.86. The topological polar surface area (TPSA) is 69.9 Å². The van der Waals surface area contributed by atoms with Gasteiger partial charge in [-0.2, -0.15) is 0 Å². The van der Waals surface area contributed by atoms with Crippen molar-refractivity contribution in [1.29, 1.82) is 0 Å². The fraction of sp³-hybridized carbons (Fsp3) is 0.379. The molecular formula is C29H36O4. The number of hydrogen-bond donors (Lipinski definition) is 3. The van der Waals surface area contributed by atoms with Crippen LogP contribution >= 0.6 is 0 Å². The van der Waals surface area contributed by atoms with Crippen LogP contribution in [-0.4, -0.2) is 41.7 Å². The zero-order valence-corrected chi connectivity index (χ0v) is 20.1. The van der Waals surface area contributed by atoms with Gasteiger partial charge in [0.2, 0.25) is 0 Å². The van der Waals surface area contributed by atoms with Gasteiger partial charge in [0.1, 0.15) is 12.4 Å². The van der Waals surface area contributed by atoms with E-state index in [1.165, 1.54) is 5.56 Å². The summed E-state index contributed by atoms with van der Waals surface area (Å²) in [7, 11) is 0. The van der Waals surface area contributed by atoms with E-state index in [-0.39, 0.29) is 37.3 Å². The molecule has 0 aromatic heterocycles. The first kappa shape index (κ1) is 25.0. The summed E-state index contributed by atoms with van der Waals surface area (Å²) in [6, 6.07) is 27.0. The van der Waals surface area contributed by atoms with Gasteiger partial charge in [0.05, 0.1) is 25.2 Å².